The van der Waals surface area contributed by atoms with Crippen molar-refractivity contribution in [1.82, 2.24) is 20.6 Å². The molecule has 0 fully saturated rings. The fourth-order valence-corrected chi connectivity index (χ4v) is 6.30. The van der Waals surface area contributed by atoms with E-state index in [9.17, 15) is 9.59 Å². The highest BCUT2D eigenvalue weighted by Gasteiger charge is 2.30. The third-order valence-electron chi connectivity index (χ3n) is 5.11. The van der Waals surface area contributed by atoms with Gasteiger partial charge in [0.1, 0.15) is 15.7 Å². The Balaban J connectivity index is 1.69. The summed E-state index contributed by atoms with van der Waals surface area (Å²) in [5.41, 5.74) is 2.42. The number of thiophene rings is 1. The van der Waals surface area contributed by atoms with E-state index in [0.29, 0.717) is 17.0 Å². The Morgan fingerprint density at radius 2 is 2.10 bits per heavy atom. The van der Waals surface area contributed by atoms with E-state index in [-0.39, 0.29) is 12.6 Å². The largest absolute Gasteiger partial charge is 0.463 e. The van der Waals surface area contributed by atoms with Crippen molar-refractivity contribution in [3.05, 3.63) is 27.5 Å². The number of nitrogens with zero attached hydrogens (tertiary/aromatic N) is 2. The van der Waals surface area contributed by atoms with Crippen molar-refractivity contribution in [3.63, 3.8) is 0 Å². The van der Waals surface area contributed by atoms with Gasteiger partial charge in [0.2, 0.25) is 0 Å². The highest BCUT2D eigenvalue weighted by molar-refractivity contribution is 7.99. The van der Waals surface area contributed by atoms with E-state index in [1.807, 2.05) is 6.92 Å². The van der Waals surface area contributed by atoms with E-state index in [0.717, 1.165) is 33.9 Å². The molecule has 2 aliphatic rings. The van der Waals surface area contributed by atoms with Gasteiger partial charge in [0, 0.05) is 21.7 Å². The third-order valence-corrected chi connectivity index (χ3v) is 7.30. The lowest BCUT2D eigenvalue weighted by molar-refractivity contribution is -0.138. The predicted molar refractivity (Wildman–Crippen MR) is 114 cm³/mol. The van der Waals surface area contributed by atoms with E-state index in [1.165, 1.54) is 35.0 Å². The van der Waals surface area contributed by atoms with Gasteiger partial charge >= 0.3 is 12.0 Å². The molecule has 9 heteroatoms. The van der Waals surface area contributed by atoms with Crippen molar-refractivity contribution in [2.24, 2.45) is 0 Å². The van der Waals surface area contributed by atoms with Gasteiger partial charge in [-0.2, -0.15) is 0 Å². The molecular formula is C20H24N4O3S2. The number of fused-ring (bicyclic) bond motifs is 3. The van der Waals surface area contributed by atoms with Crippen molar-refractivity contribution in [2.75, 3.05) is 12.4 Å². The van der Waals surface area contributed by atoms with Gasteiger partial charge in [-0.05, 0) is 52.0 Å². The van der Waals surface area contributed by atoms with Gasteiger partial charge in [0.15, 0.2) is 0 Å². The maximum Gasteiger partial charge on any atom is 0.337 e. The zero-order chi connectivity index (χ0) is 20.5. The molecule has 3 heterocycles. The first-order valence-electron chi connectivity index (χ1n) is 9.87. The zero-order valence-corrected chi connectivity index (χ0v) is 18.4. The fourth-order valence-electron chi connectivity index (χ4n) is 3.86. The summed E-state index contributed by atoms with van der Waals surface area (Å²) in [6.07, 6.45) is 4.58. The molecule has 0 aromatic carbocycles. The van der Waals surface area contributed by atoms with Gasteiger partial charge in [-0.3, -0.25) is 0 Å². The molecule has 0 saturated carbocycles. The van der Waals surface area contributed by atoms with Gasteiger partial charge in [-0.15, -0.1) is 11.3 Å². The summed E-state index contributed by atoms with van der Waals surface area (Å²) >= 11 is 3.31. The summed E-state index contributed by atoms with van der Waals surface area (Å²) in [5, 5.41) is 7.59. The second-order valence-corrected chi connectivity index (χ2v) is 9.24. The normalized spacial score (nSPS) is 19.0. The van der Waals surface area contributed by atoms with Crippen LogP contribution in [0.2, 0.25) is 0 Å². The number of carbonyl (C=O) groups excluding carboxylic acids is 2. The molecule has 2 amide bonds. The number of hydrogen-bond acceptors (Lipinski definition) is 7. The van der Waals surface area contributed by atoms with E-state index in [4.69, 9.17) is 9.72 Å². The summed E-state index contributed by atoms with van der Waals surface area (Å²) in [7, 11) is 0. The molecule has 1 aliphatic heterocycles. The molecule has 0 saturated heterocycles. The Kier molecular flexibility index (Phi) is 5.78. The summed E-state index contributed by atoms with van der Waals surface area (Å²) < 4.78 is 5.20. The number of esters is 1. The second kappa shape index (κ2) is 8.31. The number of ether oxygens (including phenoxy) is 1. The van der Waals surface area contributed by atoms with Crippen molar-refractivity contribution < 1.29 is 14.3 Å². The molecule has 1 atom stereocenters. The number of aromatic nitrogens is 2. The quantitative estimate of drug-likeness (QED) is 0.427. The lowest BCUT2D eigenvalue weighted by Crippen LogP contribution is -2.49. The minimum Gasteiger partial charge on any atom is -0.463 e. The summed E-state index contributed by atoms with van der Waals surface area (Å²) in [4.78, 5) is 36.3. The Hall–Kier alpha value is -2.13. The predicted octanol–water partition coefficient (Wildman–Crippen LogP) is 3.49. The number of rotatable bonds is 5. The molecule has 2 aromatic rings. The van der Waals surface area contributed by atoms with Crippen LogP contribution in [0, 0.1) is 6.92 Å². The Bertz CT molecular complexity index is 1010. The van der Waals surface area contributed by atoms with Crippen molar-refractivity contribution in [2.45, 2.75) is 57.5 Å². The molecule has 7 nitrogen and oxygen atoms in total. The molecule has 154 valence electrons. The number of hydrogen-bond donors (Lipinski definition) is 2. The van der Waals surface area contributed by atoms with Gasteiger partial charge in [-0.25, -0.2) is 19.6 Å². The van der Waals surface area contributed by atoms with Crippen LogP contribution in [0.3, 0.4) is 0 Å². The first-order chi connectivity index (χ1) is 14.0. The minimum absolute atomic E-state index is 0.288. The maximum atomic E-state index is 12.4. The molecule has 0 radical (unpaired) electrons. The SMILES string of the molecule is CCOC(=O)C1=C(CSc2nc(C)nc3sc4c(c23)CCCC4)NC(=O)NC1C. The molecule has 1 unspecified atom stereocenters. The van der Waals surface area contributed by atoms with Crippen LogP contribution >= 0.6 is 23.1 Å². The van der Waals surface area contributed by atoms with E-state index >= 15 is 0 Å². The first-order valence-corrected chi connectivity index (χ1v) is 11.7. The smallest absolute Gasteiger partial charge is 0.337 e. The zero-order valence-electron chi connectivity index (χ0n) is 16.8. The van der Waals surface area contributed by atoms with Gasteiger partial charge in [-0.1, -0.05) is 11.8 Å². The van der Waals surface area contributed by atoms with Crippen LogP contribution in [0.15, 0.2) is 16.3 Å². The van der Waals surface area contributed by atoms with Crippen LogP contribution in [-0.2, 0) is 22.4 Å². The number of nitrogens with one attached hydrogen (secondary N) is 2. The molecule has 2 aromatic heterocycles. The Morgan fingerprint density at radius 3 is 2.90 bits per heavy atom. The lowest BCUT2D eigenvalue weighted by atomic mass is 9.97. The summed E-state index contributed by atoms with van der Waals surface area (Å²) in [6, 6.07) is -0.711. The summed E-state index contributed by atoms with van der Waals surface area (Å²) in [5.74, 6) is 0.767. The minimum atomic E-state index is -0.403. The molecule has 2 N–H and O–H groups in total. The molecule has 0 spiro atoms. The third kappa shape index (κ3) is 3.98. The summed E-state index contributed by atoms with van der Waals surface area (Å²) in [6.45, 7) is 5.75. The first kappa shape index (κ1) is 20.2. The van der Waals surface area contributed by atoms with Gasteiger partial charge in [0.05, 0.1) is 18.2 Å². The number of aryl methyl sites for hydroxylation is 3. The van der Waals surface area contributed by atoms with Crippen molar-refractivity contribution in [1.29, 1.82) is 0 Å². The Morgan fingerprint density at radius 1 is 1.31 bits per heavy atom. The van der Waals surface area contributed by atoms with Crippen LogP contribution < -0.4 is 10.6 Å². The van der Waals surface area contributed by atoms with Crippen LogP contribution in [0.25, 0.3) is 10.2 Å². The van der Waals surface area contributed by atoms with Crippen LogP contribution in [0.4, 0.5) is 4.79 Å². The second-order valence-electron chi connectivity index (χ2n) is 7.19. The lowest BCUT2D eigenvalue weighted by Gasteiger charge is -2.26. The number of thioether (sulfide) groups is 1. The maximum absolute atomic E-state index is 12.4. The van der Waals surface area contributed by atoms with Crippen LogP contribution in [0.1, 0.15) is 43.0 Å². The highest BCUT2D eigenvalue weighted by Crippen LogP contribution is 2.40. The standard InChI is InChI=1S/C20H24N4O3S2/c1-4-27-19(25)15-10(2)21-20(26)24-13(15)9-28-17-16-12-7-5-6-8-14(12)29-18(16)23-11(3)22-17/h10H,4-9H2,1-3H3,(H2,21,24,26). The average molecular weight is 433 g/mol. The number of urea groups is 1. The molecule has 1 aliphatic carbocycles. The van der Waals surface area contributed by atoms with E-state index < -0.39 is 12.0 Å². The van der Waals surface area contributed by atoms with Crippen molar-refractivity contribution in [3.8, 4) is 0 Å². The Labute approximate surface area is 177 Å². The highest BCUT2D eigenvalue weighted by atomic mass is 32.2. The number of amides is 2. The van der Waals surface area contributed by atoms with Crippen LogP contribution in [-0.4, -0.2) is 40.4 Å². The molecule has 4 rings (SSSR count). The van der Waals surface area contributed by atoms with Gasteiger partial charge < -0.3 is 15.4 Å². The topological polar surface area (TPSA) is 93.2 Å². The fraction of sp³-hybridized carbons (Fsp3) is 0.500. The molecule has 0 bridgehead atoms. The number of carbonyl (C=O) groups is 2. The van der Waals surface area contributed by atoms with E-state index in [2.05, 4.69) is 15.6 Å². The molecule has 29 heavy (non-hydrogen) atoms. The monoisotopic (exact) mass is 432 g/mol. The van der Waals surface area contributed by atoms with Crippen LogP contribution in [0.5, 0.6) is 0 Å². The van der Waals surface area contributed by atoms with Gasteiger partial charge in [0.25, 0.3) is 0 Å². The average Bonchev–Trinajstić information content (AvgIpc) is 3.03. The van der Waals surface area contributed by atoms with Crippen molar-refractivity contribution >= 4 is 45.3 Å². The van der Waals surface area contributed by atoms with E-state index in [1.54, 1.807) is 25.2 Å². The molecular weight excluding hydrogens is 408 g/mol.